The molecule has 1 amide bonds. The van der Waals surface area contributed by atoms with E-state index in [0.29, 0.717) is 18.0 Å². The molecule has 1 atom stereocenters. The molecule has 6 heteroatoms. The molecular formula is C22H25NO3S2. The number of hydrogen-bond acceptors (Lipinski definition) is 5. The molecule has 28 heavy (non-hydrogen) atoms. The zero-order valence-electron chi connectivity index (χ0n) is 15.9. The number of thiophene rings is 1. The fourth-order valence-corrected chi connectivity index (χ4v) is 6.95. The molecular weight excluding hydrogens is 390 g/mol. The number of hydrogen-bond donors (Lipinski definition) is 0. The summed E-state index contributed by atoms with van der Waals surface area (Å²) in [4.78, 5) is 17.1. The molecule has 0 radical (unpaired) electrons. The lowest BCUT2D eigenvalue weighted by Crippen LogP contribution is -2.46. The average molecular weight is 416 g/mol. The van der Waals surface area contributed by atoms with Crippen LogP contribution in [0.5, 0.6) is 11.5 Å². The van der Waals surface area contributed by atoms with Crippen molar-refractivity contribution in [1.82, 2.24) is 4.90 Å². The molecule has 1 unspecified atom stereocenters. The number of ether oxygens (including phenoxy) is 2. The lowest BCUT2D eigenvalue weighted by molar-refractivity contribution is -0.137. The molecule has 2 fully saturated rings. The van der Waals surface area contributed by atoms with Gasteiger partial charge in [-0.25, -0.2) is 0 Å². The highest BCUT2D eigenvalue weighted by Gasteiger charge is 2.45. The zero-order chi connectivity index (χ0) is 19.0. The molecule has 1 aromatic heterocycles. The van der Waals surface area contributed by atoms with Crippen LogP contribution in [0.2, 0.25) is 0 Å². The molecule has 2 aliphatic heterocycles. The minimum absolute atomic E-state index is 0.266. The SMILES string of the molecule is O=C(N1CCSC(c2ccc3c(c2)OCO3)CC1)C1(c2cccs2)CCCC1. The molecule has 1 aliphatic carbocycles. The number of benzene rings is 1. The Kier molecular flexibility index (Phi) is 5.01. The van der Waals surface area contributed by atoms with Crippen molar-refractivity contribution < 1.29 is 14.3 Å². The number of fused-ring (bicyclic) bond motifs is 1. The van der Waals surface area contributed by atoms with Crippen LogP contribution in [-0.2, 0) is 10.2 Å². The van der Waals surface area contributed by atoms with Crippen LogP contribution in [0, 0.1) is 0 Å². The summed E-state index contributed by atoms with van der Waals surface area (Å²) in [7, 11) is 0. The Morgan fingerprint density at radius 3 is 2.79 bits per heavy atom. The van der Waals surface area contributed by atoms with Gasteiger partial charge >= 0.3 is 0 Å². The number of nitrogens with zero attached hydrogens (tertiary/aromatic N) is 1. The van der Waals surface area contributed by atoms with E-state index >= 15 is 0 Å². The summed E-state index contributed by atoms with van der Waals surface area (Å²) in [5, 5.41) is 2.50. The van der Waals surface area contributed by atoms with E-state index in [1.165, 1.54) is 10.4 Å². The Balaban J connectivity index is 1.32. The van der Waals surface area contributed by atoms with Crippen LogP contribution in [0.15, 0.2) is 35.7 Å². The Morgan fingerprint density at radius 2 is 1.96 bits per heavy atom. The van der Waals surface area contributed by atoms with Crippen molar-refractivity contribution in [3.63, 3.8) is 0 Å². The highest BCUT2D eigenvalue weighted by molar-refractivity contribution is 7.99. The van der Waals surface area contributed by atoms with Crippen molar-refractivity contribution in [3.8, 4) is 11.5 Å². The van der Waals surface area contributed by atoms with Crippen molar-refractivity contribution in [3.05, 3.63) is 46.2 Å². The van der Waals surface area contributed by atoms with E-state index < -0.39 is 0 Å². The summed E-state index contributed by atoms with van der Waals surface area (Å²) in [6, 6.07) is 10.5. The zero-order valence-corrected chi connectivity index (χ0v) is 17.5. The second-order valence-electron chi connectivity index (χ2n) is 7.82. The second kappa shape index (κ2) is 7.64. The normalized spacial score (nSPS) is 23.6. The van der Waals surface area contributed by atoms with Gasteiger partial charge in [0.05, 0.1) is 5.41 Å². The molecule has 5 rings (SSSR count). The average Bonchev–Trinajstić information content (AvgIpc) is 3.46. The third kappa shape index (κ3) is 3.20. The van der Waals surface area contributed by atoms with Gasteiger partial charge in [-0.15, -0.1) is 11.3 Å². The van der Waals surface area contributed by atoms with E-state index in [-0.39, 0.29) is 5.41 Å². The van der Waals surface area contributed by atoms with Crippen LogP contribution in [0.1, 0.15) is 47.8 Å². The summed E-state index contributed by atoms with van der Waals surface area (Å²) in [6.07, 6.45) is 5.30. The maximum absolute atomic E-state index is 13.7. The van der Waals surface area contributed by atoms with Crippen molar-refractivity contribution in [2.45, 2.75) is 42.8 Å². The van der Waals surface area contributed by atoms with Gasteiger partial charge in [0.15, 0.2) is 11.5 Å². The van der Waals surface area contributed by atoms with Gasteiger partial charge in [0.2, 0.25) is 12.7 Å². The lowest BCUT2D eigenvalue weighted by Gasteiger charge is -2.33. The number of carbonyl (C=O) groups is 1. The Bertz CT molecular complexity index is 845. The van der Waals surface area contributed by atoms with Crippen molar-refractivity contribution in [1.29, 1.82) is 0 Å². The molecule has 1 saturated heterocycles. The molecule has 4 nitrogen and oxygen atoms in total. The summed E-state index contributed by atoms with van der Waals surface area (Å²) in [5.41, 5.74) is 1.01. The van der Waals surface area contributed by atoms with Crippen molar-refractivity contribution in [2.75, 3.05) is 25.6 Å². The predicted octanol–water partition coefficient (Wildman–Crippen LogP) is 5.00. The first kappa shape index (κ1) is 18.4. The summed E-state index contributed by atoms with van der Waals surface area (Å²) < 4.78 is 11.0. The van der Waals surface area contributed by atoms with E-state index in [1.807, 2.05) is 17.8 Å². The number of rotatable bonds is 3. The van der Waals surface area contributed by atoms with Crippen molar-refractivity contribution in [2.24, 2.45) is 0 Å². The van der Waals surface area contributed by atoms with Crippen LogP contribution in [0.4, 0.5) is 0 Å². The van der Waals surface area contributed by atoms with Crippen LogP contribution in [-0.4, -0.2) is 36.4 Å². The van der Waals surface area contributed by atoms with Crippen molar-refractivity contribution >= 4 is 29.0 Å². The van der Waals surface area contributed by atoms with E-state index in [1.54, 1.807) is 11.3 Å². The molecule has 3 aliphatic rings. The topological polar surface area (TPSA) is 38.8 Å². The van der Waals surface area contributed by atoms with E-state index in [2.05, 4.69) is 34.5 Å². The molecule has 0 N–H and O–H groups in total. The number of amides is 1. The van der Waals surface area contributed by atoms with Gasteiger partial charge in [0.25, 0.3) is 0 Å². The molecule has 0 spiro atoms. The molecule has 1 aromatic carbocycles. The largest absolute Gasteiger partial charge is 0.454 e. The monoisotopic (exact) mass is 415 g/mol. The Morgan fingerprint density at radius 1 is 1.11 bits per heavy atom. The maximum Gasteiger partial charge on any atom is 0.234 e. The first-order chi connectivity index (χ1) is 13.8. The first-order valence-corrected chi connectivity index (χ1v) is 12.0. The van der Waals surface area contributed by atoms with Gasteiger partial charge in [-0.05, 0) is 48.4 Å². The minimum Gasteiger partial charge on any atom is -0.454 e. The van der Waals surface area contributed by atoms with Gasteiger partial charge in [0, 0.05) is 29.0 Å². The highest BCUT2D eigenvalue weighted by Crippen LogP contribution is 2.46. The summed E-state index contributed by atoms with van der Waals surface area (Å²) in [5.74, 6) is 3.02. The minimum atomic E-state index is -0.266. The number of thioether (sulfide) groups is 1. The molecule has 2 aromatic rings. The van der Waals surface area contributed by atoms with Crippen LogP contribution in [0.3, 0.4) is 0 Å². The van der Waals surface area contributed by atoms with Gasteiger partial charge in [0.1, 0.15) is 0 Å². The molecule has 0 bridgehead atoms. The van der Waals surface area contributed by atoms with Gasteiger partial charge in [-0.2, -0.15) is 11.8 Å². The second-order valence-corrected chi connectivity index (χ2v) is 10.1. The standard InChI is InChI=1S/C22H25NO3S2/c24-21(22(8-1-2-9-22)20-4-3-12-28-20)23-10-7-19(27-13-11-23)16-5-6-17-18(14-16)26-15-25-17/h3-6,12,14,19H,1-2,7-11,13,15H2. The summed E-state index contributed by atoms with van der Waals surface area (Å²) in [6.45, 7) is 1.99. The van der Waals surface area contributed by atoms with E-state index in [0.717, 1.165) is 62.4 Å². The van der Waals surface area contributed by atoms with Gasteiger partial charge < -0.3 is 14.4 Å². The molecule has 1 saturated carbocycles. The fourth-order valence-electron chi connectivity index (χ4n) is 4.75. The molecule has 148 valence electrons. The lowest BCUT2D eigenvalue weighted by atomic mass is 9.82. The first-order valence-electron chi connectivity index (χ1n) is 10.1. The Hall–Kier alpha value is -1.66. The van der Waals surface area contributed by atoms with Crippen LogP contribution in [0.25, 0.3) is 0 Å². The smallest absolute Gasteiger partial charge is 0.234 e. The quantitative estimate of drug-likeness (QED) is 0.707. The highest BCUT2D eigenvalue weighted by atomic mass is 32.2. The summed E-state index contributed by atoms with van der Waals surface area (Å²) >= 11 is 3.70. The number of carbonyl (C=O) groups excluding carboxylic acids is 1. The predicted molar refractivity (Wildman–Crippen MR) is 113 cm³/mol. The Labute approximate surface area is 174 Å². The van der Waals surface area contributed by atoms with Gasteiger partial charge in [-0.3, -0.25) is 4.79 Å². The van der Waals surface area contributed by atoms with Crippen LogP contribution < -0.4 is 9.47 Å². The molecule has 3 heterocycles. The van der Waals surface area contributed by atoms with E-state index in [9.17, 15) is 4.79 Å². The van der Waals surface area contributed by atoms with Gasteiger partial charge in [-0.1, -0.05) is 25.0 Å². The van der Waals surface area contributed by atoms with E-state index in [4.69, 9.17) is 9.47 Å². The third-order valence-electron chi connectivity index (χ3n) is 6.26. The van der Waals surface area contributed by atoms with Crippen LogP contribution >= 0.6 is 23.1 Å². The maximum atomic E-state index is 13.7. The third-order valence-corrected chi connectivity index (χ3v) is 8.66. The fraction of sp³-hybridized carbons (Fsp3) is 0.500.